The number of rotatable bonds is 3. The maximum absolute atomic E-state index is 13.4. The molecule has 1 atom stereocenters. The van der Waals surface area contributed by atoms with Crippen molar-refractivity contribution in [3.63, 3.8) is 0 Å². The lowest BCUT2D eigenvalue weighted by molar-refractivity contribution is -0.127. The van der Waals surface area contributed by atoms with Crippen molar-refractivity contribution in [3.8, 4) is 0 Å². The van der Waals surface area contributed by atoms with E-state index in [4.69, 9.17) is 5.73 Å². The summed E-state index contributed by atoms with van der Waals surface area (Å²) in [6, 6.07) is 2.81. The molecule has 1 aromatic carbocycles. The summed E-state index contributed by atoms with van der Waals surface area (Å²) in [4.78, 5) is 12.9. The highest BCUT2D eigenvalue weighted by Gasteiger charge is 2.25. The van der Waals surface area contributed by atoms with E-state index in [2.05, 4.69) is 0 Å². The first kappa shape index (κ1) is 12.0. The van der Waals surface area contributed by atoms with E-state index >= 15 is 0 Å². The number of carbonyl (C=O) groups is 1. The van der Waals surface area contributed by atoms with E-state index in [-0.39, 0.29) is 18.0 Å². The summed E-state index contributed by atoms with van der Waals surface area (Å²) in [5, 5.41) is 0. The number of hydrogen-bond donors (Lipinski definition) is 1. The van der Waals surface area contributed by atoms with Gasteiger partial charge in [-0.15, -0.1) is 0 Å². The zero-order valence-corrected chi connectivity index (χ0v) is 9.33. The molecule has 1 amide bonds. The minimum Gasteiger partial charge on any atom is -0.341 e. The van der Waals surface area contributed by atoms with Gasteiger partial charge < -0.3 is 10.6 Å². The third-order valence-corrected chi connectivity index (χ3v) is 2.96. The Morgan fingerprint density at radius 2 is 2.00 bits per heavy atom. The quantitative estimate of drug-likeness (QED) is 0.872. The van der Waals surface area contributed by atoms with Gasteiger partial charge in [-0.1, -0.05) is 6.07 Å². The second-order valence-electron chi connectivity index (χ2n) is 4.19. The Hall–Kier alpha value is -1.49. The summed E-state index contributed by atoms with van der Waals surface area (Å²) < 4.78 is 26.9. The molecule has 0 aromatic heterocycles. The van der Waals surface area contributed by atoms with E-state index in [1.165, 1.54) is 18.2 Å². The van der Waals surface area contributed by atoms with Crippen LogP contribution in [-0.2, 0) is 4.79 Å². The lowest BCUT2D eigenvalue weighted by atomic mass is 10.1. The van der Waals surface area contributed by atoms with Crippen LogP contribution in [0.1, 0.15) is 24.4 Å². The molecule has 0 saturated carbocycles. The van der Waals surface area contributed by atoms with Crippen LogP contribution in [0.5, 0.6) is 0 Å². The summed E-state index contributed by atoms with van der Waals surface area (Å²) in [5.74, 6) is -1.33. The fraction of sp³-hybridized carbons (Fsp3) is 0.417. The van der Waals surface area contributed by atoms with Crippen LogP contribution >= 0.6 is 0 Å². The first-order valence-electron chi connectivity index (χ1n) is 5.57. The van der Waals surface area contributed by atoms with Crippen molar-refractivity contribution in [1.82, 2.24) is 4.90 Å². The van der Waals surface area contributed by atoms with Crippen molar-refractivity contribution in [2.45, 2.75) is 18.9 Å². The summed E-state index contributed by atoms with van der Waals surface area (Å²) in [5.41, 5.74) is 5.62. The first-order valence-corrected chi connectivity index (χ1v) is 5.57. The maximum atomic E-state index is 13.4. The van der Waals surface area contributed by atoms with Gasteiger partial charge in [-0.05, 0) is 18.6 Å². The lowest BCUT2D eigenvalue weighted by Crippen LogP contribution is -2.33. The Kier molecular flexibility index (Phi) is 3.38. The molecule has 1 unspecified atom stereocenters. The van der Waals surface area contributed by atoms with Crippen molar-refractivity contribution in [1.29, 1.82) is 0 Å². The van der Waals surface area contributed by atoms with Crippen molar-refractivity contribution in [2.24, 2.45) is 5.73 Å². The predicted molar refractivity (Wildman–Crippen MR) is 59.1 cm³/mol. The van der Waals surface area contributed by atoms with E-state index in [0.29, 0.717) is 13.0 Å². The topological polar surface area (TPSA) is 46.3 Å². The van der Waals surface area contributed by atoms with Gasteiger partial charge in [-0.2, -0.15) is 0 Å². The van der Waals surface area contributed by atoms with E-state index in [1.54, 1.807) is 4.90 Å². The minimum absolute atomic E-state index is 0.00259. The van der Waals surface area contributed by atoms with Crippen LogP contribution in [0, 0.1) is 11.6 Å². The van der Waals surface area contributed by atoms with Crippen LogP contribution in [0.25, 0.3) is 0 Å². The fourth-order valence-corrected chi connectivity index (χ4v) is 2.09. The average molecular weight is 240 g/mol. The molecule has 0 spiro atoms. The molecular formula is C12H14F2N2O. The minimum atomic E-state index is -0.821. The second-order valence-corrected chi connectivity index (χ2v) is 4.19. The molecule has 0 bridgehead atoms. The van der Waals surface area contributed by atoms with Gasteiger partial charge in [0.15, 0.2) is 0 Å². The number of likely N-dealkylation sites (tertiary alicyclic amines) is 1. The SMILES string of the molecule is NC(CN1CCCC1=O)c1c(F)cccc1F. The van der Waals surface area contributed by atoms with Crippen molar-refractivity contribution < 1.29 is 13.6 Å². The predicted octanol–water partition coefficient (Wildman–Crippen LogP) is 1.59. The van der Waals surface area contributed by atoms with Crippen LogP contribution in [0.15, 0.2) is 18.2 Å². The highest BCUT2D eigenvalue weighted by atomic mass is 19.1. The molecule has 3 nitrogen and oxygen atoms in total. The molecule has 2 N–H and O–H groups in total. The van der Waals surface area contributed by atoms with Crippen LogP contribution < -0.4 is 5.73 Å². The summed E-state index contributed by atoms with van der Waals surface area (Å²) in [7, 11) is 0. The van der Waals surface area contributed by atoms with Gasteiger partial charge in [0.1, 0.15) is 11.6 Å². The number of nitrogens with two attached hydrogens (primary N) is 1. The summed E-state index contributed by atoms with van der Waals surface area (Å²) in [6.45, 7) is 0.777. The largest absolute Gasteiger partial charge is 0.341 e. The number of nitrogens with zero attached hydrogens (tertiary/aromatic N) is 1. The second kappa shape index (κ2) is 4.79. The molecule has 0 radical (unpaired) electrons. The standard InChI is InChI=1S/C12H14F2N2O/c13-8-3-1-4-9(14)12(8)10(15)7-16-6-2-5-11(16)17/h1,3-4,10H,2,5-7,15H2. The molecule has 1 saturated heterocycles. The van der Waals surface area contributed by atoms with Gasteiger partial charge in [0, 0.05) is 25.1 Å². The fourth-order valence-electron chi connectivity index (χ4n) is 2.09. The molecule has 1 heterocycles. The van der Waals surface area contributed by atoms with E-state index in [1.807, 2.05) is 0 Å². The zero-order chi connectivity index (χ0) is 12.4. The highest BCUT2D eigenvalue weighted by Crippen LogP contribution is 2.21. The molecule has 5 heteroatoms. The molecular weight excluding hydrogens is 226 g/mol. The molecule has 0 aliphatic carbocycles. The Morgan fingerprint density at radius 1 is 1.35 bits per heavy atom. The zero-order valence-electron chi connectivity index (χ0n) is 9.33. The van der Waals surface area contributed by atoms with Crippen LogP contribution in [0.4, 0.5) is 8.78 Å². The Bertz CT molecular complexity index is 416. The normalized spacial score (nSPS) is 17.6. The van der Waals surface area contributed by atoms with Gasteiger partial charge in [-0.25, -0.2) is 8.78 Å². The average Bonchev–Trinajstić information content (AvgIpc) is 2.64. The van der Waals surface area contributed by atoms with Gasteiger partial charge in [-0.3, -0.25) is 4.79 Å². The van der Waals surface area contributed by atoms with Crippen molar-refractivity contribution in [3.05, 3.63) is 35.4 Å². The Labute approximate surface area is 98.2 Å². The van der Waals surface area contributed by atoms with E-state index in [0.717, 1.165) is 6.42 Å². The van der Waals surface area contributed by atoms with E-state index in [9.17, 15) is 13.6 Å². The van der Waals surface area contributed by atoms with Crippen LogP contribution in [0.3, 0.4) is 0 Å². The number of carbonyl (C=O) groups excluding carboxylic acids is 1. The Balaban J connectivity index is 2.14. The van der Waals surface area contributed by atoms with Crippen LogP contribution in [0.2, 0.25) is 0 Å². The molecule has 1 aliphatic heterocycles. The van der Waals surface area contributed by atoms with Crippen molar-refractivity contribution >= 4 is 5.91 Å². The molecule has 1 aromatic rings. The van der Waals surface area contributed by atoms with Gasteiger partial charge >= 0.3 is 0 Å². The van der Waals surface area contributed by atoms with Gasteiger partial charge in [0.2, 0.25) is 5.91 Å². The smallest absolute Gasteiger partial charge is 0.222 e. The number of amides is 1. The van der Waals surface area contributed by atoms with Crippen molar-refractivity contribution in [2.75, 3.05) is 13.1 Å². The van der Waals surface area contributed by atoms with Gasteiger partial charge in [0.25, 0.3) is 0 Å². The number of hydrogen-bond acceptors (Lipinski definition) is 2. The summed E-state index contributed by atoms with van der Waals surface area (Å²) >= 11 is 0. The Morgan fingerprint density at radius 3 is 2.53 bits per heavy atom. The lowest BCUT2D eigenvalue weighted by Gasteiger charge is -2.21. The molecule has 92 valence electrons. The molecule has 2 rings (SSSR count). The highest BCUT2D eigenvalue weighted by molar-refractivity contribution is 5.78. The van der Waals surface area contributed by atoms with Crippen LogP contribution in [-0.4, -0.2) is 23.9 Å². The molecule has 17 heavy (non-hydrogen) atoms. The molecule has 1 aliphatic rings. The monoisotopic (exact) mass is 240 g/mol. The summed E-state index contributed by atoms with van der Waals surface area (Å²) in [6.07, 6.45) is 1.28. The maximum Gasteiger partial charge on any atom is 0.222 e. The number of halogens is 2. The third-order valence-electron chi connectivity index (χ3n) is 2.96. The van der Waals surface area contributed by atoms with E-state index < -0.39 is 17.7 Å². The number of benzene rings is 1. The first-order chi connectivity index (χ1) is 8.09. The molecule has 1 fully saturated rings. The third kappa shape index (κ3) is 2.44. The van der Waals surface area contributed by atoms with Gasteiger partial charge in [0.05, 0.1) is 6.04 Å².